The first-order chi connectivity index (χ1) is 17.7. The molecule has 1 fully saturated rings. The maximum Gasteiger partial charge on any atom is 0.238 e. The number of pyridine rings is 1. The minimum atomic E-state index is -1.28. The molecule has 3 aliphatic rings. The molecule has 4 heterocycles. The molecule has 2 aromatic carbocycles. The van der Waals surface area contributed by atoms with Crippen molar-refractivity contribution < 1.29 is 14.4 Å². The van der Waals surface area contributed by atoms with Gasteiger partial charge >= 0.3 is 0 Å². The van der Waals surface area contributed by atoms with Crippen molar-refractivity contribution in [3.8, 4) is 0 Å². The highest BCUT2D eigenvalue weighted by molar-refractivity contribution is 6.17. The molecule has 1 amide bonds. The summed E-state index contributed by atoms with van der Waals surface area (Å²) in [5.41, 5.74) is 2.77. The maximum absolute atomic E-state index is 14.5. The van der Waals surface area contributed by atoms with E-state index < -0.39 is 28.8 Å². The number of rotatable bonds is 3. The number of nitrogens with zero attached hydrogens (tertiary/aromatic N) is 2. The third-order valence-corrected chi connectivity index (χ3v) is 8.14. The Labute approximate surface area is 216 Å². The van der Waals surface area contributed by atoms with E-state index in [1.165, 1.54) is 0 Å². The van der Waals surface area contributed by atoms with Crippen molar-refractivity contribution in [3.63, 3.8) is 0 Å². The van der Waals surface area contributed by atoms with Gasteiger partial charge in [0.05, 0.1) is 12.0 Å². The Kier molecular flexibility index (Phi) is 5.03. The molecule has 6 rings (SSSR count). The number of amides is 1. The van der Waals surface area contributed by atoms with Gasteiger partial charge in [-0.25, -0.2) is 0 Å². The molecular weight excluding hydrogens is 462 g/mol. The van der Waals surface area contributed by atoms with E-state index in [1.807, 2.05) is 76.2 Å². The zero-order chi connectivity index (χ0) is 26.1. The van der Waals surface area contributed by atoms with Gasteiger partial charge in [-0.1, -0.05) is 63.2 Å². The van der Waals surface area contributed by atoms with Crippen molar-refractivity contribution >= 4 is 34.4 Å². The molecule has 3 aromatic rings. The Morgan fingerprint density at radius 2 is 1.65 bits per heavy atom. The lowest BCUT2D eigenvalue weighted by atomic mass is 9.63. The standard InChI is InChI=1S/C31H29N3O3/c1-18-17-24-31(21-10-6-7-11-22(21)33-29(31)37)25(27(35)19-13-15-32-16-14-19)26(28(36)30(2,3)4)34(24)23-12-8-5-9-20(18)23/h5-17,24-26H,1-4H3,(H,33,37)/t24-,25+,26-,31+/m1/s1. The second-order valence-corrected chi connectivity index (χ2v) is 11.2. The highest BCUT2D eigenvalue weighted by Gasteiger charge is 2.71. The van der Waals surface area contributed by atoms with Gasteiger partial charge in [0.15, 0.2) is 11.6 Å². The van der Waals surface area contributed by atoms with Crippen LogP contribution in [-0.2, 0) is 15.0 Å². The summed E-state index contributed by atoms with van der Waals surface area (Å²) in [4.78, 5) is 49.3. The van der Waals surface area contributed by atoms with Crippen LogP contribution in [0.15, 0.2) is 79.1 Å². The molecule has 0 bridgehead atoms. The highest BCUT2D eigenvalue weighted by atomic mass is 16.2. The zero-order valence-corrected chi connectivity index (χ0v) is 21.4. The van der Waals surface area contributed by atoms with Crippen molar-refractivity contribution in [3.05, 3.63) is 95.8 Å². The number of nitrogens with one attached hydrogen (secondary N) is 1. The minimum absolute atomic E-state index is 0.0679. The number of hydrogen-bond donors (Lipinski definition) is 1. The summed E-state index contributed by atoms with van der Waals surface area (Å²) < 4.78 is 0. The topological polar surface area (TPSA) is 79.4 Å². The SMILES string of the molecule is CC1=C[C@H]2N(c3ccccc31)[C@@H](C(=O)C(C)(C)C)[C@@H](C(=O)c1ccncc1)[C@@]21C(=O)Nc2ccccc21. The van der Waals surface area contributed by atoms with Crippen LogP contribution in [0.2, 0.25) is 0 Å². The molecule has 37 heavy (non-hydrogen) atoms. The Balaban J connectivity index is 1.71. The van der Waals surface area contributed by atoms with Gasteiger partial charge in [-0.05, 0) is 42.3 Å². The summed E-state index contributed by atoms with van der Waals surface area (Å²) in [6, 6.07) is 17.5. The first-order valence-corrected chi connectivity index (χ1v) is 12.6. The lowest BCUT2D eigenvalue weighted by molar-refractivity contribution is -0.128. The molecule has 0 aliphatic carbocycles. The average Bonchev–Trinajstić information content (AvgIpc) is 3.36. The molecule has 186 valence electrons. The van der Waals surface area contributed by atoms with E-state index in [0.29, 0.717) is 11.3 Å². The molecule has 0 radical (unpaired) electrons. The number of para-hydroxylation sites is 2. The van der Waals surface area contributed by atoms with Crippen molar-refractivity contribution in [2.24, 2.45) is 11.3 Å². The van der Waals surface area contributed by atoms with Crippen molar-refractivity contribution in [1.82, 2.24) is 4.98 Å². The largest absolute Gasteiger partial charge is 0.352 e. The Hall–Kier alpha value is -4.06. The number of anilines is 2. The smallest absolute Gasteiger partial charge is 0.238 e. The quantitative estimate of drug-likeness (QED) is 0.518. The Bertz CT molecular complexity index is 1490. The van der Waals surface area contributed by atoms with Gasteiger partial charge in [-0.2, -0.15) is 0 Å². The van der Waals surface area contributed by atoms with Crippen LogP contribution in [-0.4, -0.2) is 34.5 Å². The van der Waals surface area contributed by atoms with Crippen LogP contribution in [0.5, 0.6) is 0 Å². The molecular formula is C31H29N3O3. The van der Waals surface area contributed by atoms with E-state index in [2.05, 4.69) is 21.3 Å². The van der Waals surface area contributed by atoms with Gasteiger partial charge in [-0.3, -0.25) is 19.4 Å². The first-order valence-electron chi connectivity index (χ1n) is 12.6. The molecule has 4 atom stereocenters. The van der Waals surface area contributed by atoms with E-state index in [1.54, 1.807) is 24.5 Å². The van der Waals surface area contributed by atoms with Crippen LogP contribution < -0.4 is 10.2 Å². The van der Waals surface area contributed by atoms with Gasteiger partial charge in [-0.15, -0.1) is 0 Å². The number of hydrogen-bond acceptors (Lipinski definition) is 5. The van der Waals surface area contributed by atoms with Crippen LogP contribution in [0, 0.1) is 11.3 Å². The molecule has 1 saturated heterocycles. The second-order valence-electron chi connectivity index (χ2n) is 11.2. The van der Waals surface area contributed by atoms with Crippen LogP contribution in [0.3, 0.4) is 0 Å². The van der Waals surface area contributed by atoms with E-state index in [9.17, 15) is 14.4 Å². The Morgan fingerprint density at radius 3 is 2.38 bits per heavy atom. The summed E-state index contributed by atoms with van der Waals surface area (Å²) in [5.74, 6) is -1.48. The van der Waals surface area contributed by atoms with Gasteiger partial charge < -0.3 is 10.2 Å². The molecule has 0 unspecified atom stereocenters. The van der Waals surface area contributed by atoms with E-state index in [4.69, 9.17) is 0 Å². The van der Waals surface area contributed by atoms with Crippen molar-refractivity contribution in [2.75, 3.05) is 10.2 Å². The lowest BCUT2D eigenvalue weighted by Crippen LogP contribution is -2.51. The summed E-state index contributed by atoms with van der Waals surface area (Å²) in [6.07, 6.45) is 5.22. The number of Topliss-reactive ketones (excluding diaryl/α,β-unsaturated/α-hetero) is 2. The van der Waals surface area contributed by atoms with Crippen LogP contribution in [0.4, 0.5) is 11.4 Å². The molecule has 1 N–H and O–H groups in total. The first kappa shape index (κ1) is 23.3. The average molecular weight is 492 g/mol. The zero-order valence-electron chi connectivity index (χ0n) is 21.4. The molecule has 0 saturated carbocycles. The summed E-state index contributed by atoms with van der Waals surface area (Å²) in [7, 11) is 0. The fraction of sp³-hybridized carbons (Fsp3) is 0.290. The van der Waals surface area contributed by atoms with E-state index in [0.717, 1.165) is 22.4 Å². The summed E-state index contributed by atoms with van der Waals surface area (Å²) >= 11 is 0. The predicted octanol–water partition coefficient (Wildman–Crippen LogP) is 5.06. The van der Waals surface area contributed by atoms with E-state index >= 15 is 0 Å². The van der Waals surface area contributed by atoms with Crippen LogP contribution >= 0.6 is 0 Å². The monoisotopic (exact) mass is 491 g/mol. The second kappa shape index (κ2) is 7.97. The minimum Gasteiger partial charge on any atom is -0.352 e. The number of benzene rings is 2. The molecule has 6 nitrogen and oxygen atoms in total. The maximum atomic E-state index is 14.5. The number of carbonyl (C=O) groups excluding carboxylic acids is 3. The summed E-state index contributed by atoms with van der Waals surface area (Å²) in [5, 5.41) is 3.07. The Morgan fingerprint density at radius 1 is 0.973 bits per heavy atom. The van der Waals surface area contributed by atoms with Gasteiger partial charge in [0, 0.05) is 40.3 Å². The fourth-order valence-electron chi connectivity index (χ4n) is 6.53. The summed E-state index contributed by atoms with van der Waals surface area (Å²) in [6.45, 7) is 7.66. The van der Waals surface area contributed by atoms with Crippen LogP contribution in [0.1, 0.15) is 49.2 Å². The van der Waals surface area contributed by atoms with Crippen molar-refractivity contribution in [1.29, 1.82) is 0 Å². The third kappa shape index (κ3) is 3.11. The van der Waals surface area contributed by atoms with Gasteiger partial charge in [0.1, 0.15) is 11.5 Å². The van der Waals surface area contributed by atoms with Gasteiger partial charge in [0.2, 0.25) is 5.91 Å². The van der Waals surface area contributed by atoms with E-state index in [-0.39, 0.29) is 17.5 Å². The molecule has 3 aliphatic heterocycles. The normalized spacial score (nSPS) is 25.7. The third-order valence-electron chi connectivity index (χ3n) is 8.14. The molecule has 6 heteroatoms. The number of carbonyl (C=O) groups is 3. The van der Waals surface area contributed by atoms with Crippen molar-refractivity contribution in [2.45, 2.75) is 45.2 Å². The lowest BCUT2D eigenvalue weighted by Gasteiger charge is -2.39. The van der Waals surface area contributed by atoms with Gasteiger partial charge in [0.25, 0.3) is 0 Å². The fourth-order valence-corrected chi connectivity index (χ4v) is 6.53. The number of aromatic nitrogens is 1. The number of fused-ring (bicyclic) bond motifs is 6. The molecule has 1 spiro atoms. The molecule has 1 aromatic heterocycles. The van der Waals surface area contributed by atoms with Crippen LogP contribution in [0.25, 0.3) is 5.57 Å². The highest BCUT2D eigenvalue weighted by Crippen LogP contribution is 2.59. The number of ketones is 2. The predicted molar refractivity (Wildman–Crippen MR) is 143 cm³/mol. The number of allylic oxidation sites excluding steroid dienone is 1.